The van der Waals surface area contributed by atoms with Crippen LogP contribution in [-0.2, 0) is 27.8 Å². The van der Waals surface area contributed by atoms with Gasteiger partial charge in [0.25, 0.3) is 0 Å². The number of likely N-dealkylation sites (N-methyl/N-ethyl adjacent to an activating group) is 1. The average Bonchev–Trinajstić information content (AvgIpc) is 3.54. The predicted molar refractivity (Wildman–Crippen MR) is 130 cm³/mol. The highest BCUT2D eigenvalue weighted by Crippen LogP contribution is 2.21. The van der Waals surface area contributed by atoms with Gasteiger partial charge in [0.05, 0.1) is 37.3 Å². The summed E-state index contributed by atoms with van der Waals surface area (Å²) in [6.07, 6.45) is 2.37. The van der Waals surface area contributed by atoms with Gasteiger partial charge in [-0.3, -0.25) is 0 Å². The number of benzene rings is 1. The predicted octanol–water partition coefficient (Wildman–Crippen LogP) is 2.73. The average molecular weight is 524 g/mol. The number of hydrogen-bond acceptors (Lipinski definition) is 8. The van der Waals surface area contributed by atoms with Gasteiger partial charge in [-0.2, -0.15) is 4.31 Å². The third kappa shape index (κ3) is 6.22. The summed E-state index contributed by atoms with van der Waals surface area (Å²) in [6, 6.07) is 10.9. The Morgan fingerprint density at radius 1 is 1.26 bits per heavy atom. The first kappa shape index (κ1) is 24.8. The van der Waals surface area contributed by atoms with Crippen LogP contribution in [0.15, 0.2) is 48.0 Å². The Bertz CT molecular complexity index is 1220. The molecule has 4 rings (SSSR count). The summed E-state index contributed by atoms with van der Waals surface area (Å²) in [4.78, 5) is 14.5. The fraction of sp³-hybridized carbons (Fsp3) is 0.409. The molecular formula is C22H26ClN5O4S2. The molecular weight excluding hydrogens is 498 g/mol. The second-order valence-electron chi connectivity index (χ2n) is 8.17. The number of hydrogen-bond donors (Lipinski definition) is 0. The SMILES string of the molecule is CN(CCCOC(=O)c1cccs1)C1CN(Cc2cn(Cc3ccccc3Cl)nn2)S(=O)(=O)C1. The van der Waals surface area contributed by atoms with Gasteiger partial charge in [0, 0.05) is 24.2 Å². The van der Waals surface area contributed by atoms with Gasteiger partial charge in [0.1, 0.15) is 4.88 Å². The van der Waals surface area contributed by atoms with Crippen LogP contribution in [0.5, 0.6) is 0 Å². The largest absolute Gasteiger partial charge is 0.461 e. The quantitative estimate of drug-likeness (QED) is 0.297. The van der Waals surface area contributed by atoms with E-state index in [1.54, 1.807) is 23.0 Å². The molecule has 1 saturated heterocycles. The van der Waals surface area contributed by atoms with Crippen molar-refractivity contribution < 1.29 is 17.9 Å². The van der Waals surface area contributed by atoms with E-state index in [9.17, 15) is 13.2 Å². The number of sulfonamides is 1. The number of rotatable bonds is 10. The highest BCUT2D eigenvalue weighted by molar-refractivity contribution is 7.89. The molecule has 1 atom stereocenters. The normalized spacial score (nSPS) is 17.9. The number of esters is 1. The Morgan fingerprint density at radius 3 is 2.85 bits per heavy atom. The zero-order valence-electron chi connectivity index (χ0n) is 18.7. The summed E-state index contributed by atoms with van der Waals surface area (Å²) in [6.45, 7) is 1.93. The minimum atomic E-state index is -3.40. The number of ether oxygens (including phenoxy) is 1. The van der Waals surface area contributed by atoms with Crippen molar-refractivity contribution in [2.45, 2.75) is 25.6 Å². The van der Waals surface area contributed by atoms with Gasteiger partial charge < -0.3 is 9.64 Å². The summed E-state index contributed by atoms with van der Waals surface area (Å²) in [7, 11) is -1.51. The molecule has 1 aromatic carbocycles. The van der Waals surface area contributed by atoms with Crippen LogP contribution < -0.4 is 0 Å². The number of carbonyl (C=O) groups excluding carboxylic acids is 1. The first-order valence-corrected chi connectivity index (χ1v) is 13.7. The van der Waals surface area contributed by atoms with Crippen LogP contribution >= 0.6 is 22.9 Å². The van der Waals surface area contributed by atoms with Gasteiger partial charge in [0.2, 0.25) is 10.0 Å². The monoisotopic (exact) mass is 523 g/mol. The molecule has 0 amide bonds. The molecule has 1 unspecified atom stereocenters. The van der Waals surface area contributed by atoms with E-state index in [2.05, 4.69) is 10.3 Å². The van der Waals surface area contributed by atoms with Crippen molar-refractivity contribution in [2.24, 2.45) is 0 Å². The first-order valence-electron chi connectivity index (χ1n) is 10.8. The lowest BCUT2D eigenvalue weighted by Crippen LogP contribution is -2.37. The van der Waals surface area contributed by atoms with Gasteiger partial charge in [-0.05, 0) is 36.5 Å². The molecule has 3 aromatic rings. The van der Waals surface area contributed by atoms with Crippen LogP contribution in [0.25, 0.3) is 0 Å². The zero-order chi connectivity index (χ0) is 24.1. The molecule has 182 valence electrons. The molecule has 0 aliphatic carbocycles. The van der Waals surface area contributed by atoms with E-state index >= 15 is 0 Å². The molecule has 0 N–H and O–H groups in total. The van der Waals surface area contributed by atoms with Crippen molar-refractivity contribution in [3.8, 4) is 0 Å². The maximum atomic E-state index is 12.7. The number of halogens is 1. The van der Waals surface area contributed by atoms with E-state index in [0.717, 1.165) is 5.56 Å². The Morgan fingerprint density at radius 2 is 2.09 bits per heavy atom. The molecule has 1 aliphatic heterocycles. The highest BCUT2D eigenvalue weighted by Gasteiger charge is 2.38. The van der Waals surface area contributed by atoms with Crippen molar-refractivity contribution in [3.63, 3.8) is 0 Å². The Balaban J connectivity index is 1.26. The smallest absolute Gasteiger partial charge is 0.348 e. The fourth-order valence-corrected chi connectivity index (χ4v) is 6.37. The van der Waals surface area contributed by atoms with E-state index in [1.807, 2.05) is 41.6 Å². The molecule has 0 radical (unpaired) electrons. The summed E-state index contributed by atoms with van der Waals surface area (Å²) < 4.78 is 33.9. The lowest BCUT2D eigenvalue weighted by Gasteiger charge is -2.23. The van der Waals surface area contributed by atoms with E-state index < -0.39 is 10.0 Å². The molecule has 1 aliphatic rings. The van der Waals surface area contributed by atoms with Crippen LogP contribution in [0, 0.1) is 0 Å². The third-order valence-corrected chi connectivity index (χ3v) is 8.75. The Kier molecular flexibility index (Phi) is 7.99. The van der Waals surface area contributed by atoms with Crippen LogP contribution in [0.2, 0.25) is 5.02 Å². The number of carbonyl (C=O) groups is 1. The molecule has 2 aromatic heterocycles. The van der Waals surface area contributed by atoms with E-state index in [4.69, 9.17) is 16.3 Å². The summed E-state index contributed by atoms with van der Waals surface area (Å²) in [5.41, 5.74) is 1.50. The second kappa shape index (κ2) is 11.0. The maximum absolute atomic E-state index is 12.7. The number of nitrogens with zero attached hydrogens (tertiary/aromatic N) is 5. The first-order chi connectivity index (χ1) is 16.3. The molecule has 12 heteroatoms. The van der Waals surface area contributed by atoms with Crippen molar-refractivity contribution in [1.82, 2.24) is 24.2 Å². The summed E-state index contributed by atoms with van der Waals surface area (Å²) in [5.74, 6) is -0.276. The molecule has 0 saturated carbocycles. The lowest BCUT2D eigenvalue weighted by atomic mass is 10.2. The summed E-state index contributed by atoms with van der Waals surface area (Å²) in [5, 5.41) is 10.7. The molecule has 1 fully saturated rings. The van der Waals surface area contributed by atoms with Crippen LogP contribution in [-0.4, -0.2) is 77.1 Å². The zero-order valence-corrected chi connectivity index (χ0v) is 21.1. The van der Waals surface area contributed by atoms with Gasteiger partial charge in [-0.25, -0.2) is 17.9 Å². The minimum Gasteiger partial charge on any atom is -0.461 e. The Hall–Kier alpha value is -2.31. The van der Waals surface area contributed by atoms with Gasteiger partial charge >= 0.3 is 5.97 Å². The number of aromatic nitrogens is 3. The van der Waals surface area contributed by atoms with Crippen LogP contribution in [0.1, 0.15) is 27.3 Å². The standard InChI is InChI=1S/C22H26ClN5O4S2/c1-26(9-5-10-32-22(29)21-8-4-11-33-21)19-15-28(34(30,31)16-19)14-18-13-27(25-24-18)12-17-6-2-3-7-20(17)23/h2-4,6-8,11,13,19H,5,9-10,12,14-16H2,1H3. The second-order valence-corrected chi connectivity index (χ2v) is 11.5. The molecule has 0 spiro atoms. The van der Waals surface area contributed by atoms with Gasteiger partial charge in [-0.1, -0.05) is 41.1 Å². The topological polar surface area (TPSA) is 97.6 Å². The maximum Gasteiger partial charge on any atom is 0.348 e. The van der Waals surface area contributed by atoms with Crippen LogP contribution in [0.4, 0.5) is 0 Å². The minimum absolute atomic E-state index is 0.0479. The molecule has 3 heterocycles. The number of thiophene rings is 1. The Labute approximate surface area is 207 Å². The van der Waals surface area contributed by atoms with Crippen molar-refractivity contribution >= 4 is 38.9 Å². The molecule has 9 nitrogen and oxygen atoms in total. The fourth-order valence-electron chi connectivity index (χ4n) is 3.78. The molecule has 34 heavy (non-hydrogen) atoms. The summed E-state index contributed by atoms with van der Waals surface area (Å²) >= 11 is 7.55. The molecule has 0 bridgehead atoms. The lowest BCUT2D eigenvalue weighted by molar-refractivity contribution is 0.0492. The van der Waals surface area contributed by atoms with Gasteiger partial charge in [0.15, 0.2) is 0 Å². The van der Waals surface area contributed by atoms with E-state index in [1.165, 1.54) is 15.6 Å². The highest BCUT2D eigenvalue weighted by atomic mass is 35.5. The van der Waals surface area contributed by atoms with Crippen LogP contribution in [0.3, 0.4) is 0 Å². The van der Waals surface area contributed by atoms with Crippen molar-refractivity contribution in [1.29, 1.82) is 0 Å². The van der Waals surface area contributed by atoms with E-state index in [0.29, 0.717) is 48.3 Å². The van der Waals surface area contributed by atoms with Gasteiger partial charge in [-0.15, -0.1) is 16.4 Å². The van der Waals surface area contributed by atoms with Crippen molar-refractivity contribution in [2.75, 3.05) is 32.5 Å². The van der Waals surface area contributed by atoms with Crippen molar-refractivity contribution in [3.05, 3.63) is 69.1 Å². The van der Waals surface area contributed by atoms with E-state index in [-0.39, 0.29) is 24.3 Å². The third-order valence-electron chi connectivity index (χ3n) is 5.66.